The van der Waals surface area contributed by atoms with E-state index in [1.165, 1.54) is 12.0 Å². The first-order valence-electron chi connectivity index (χ1n) is 9.62. The maximum atomic E-state index is 13.1. The van der Waals surface area contributed by atoms with Crippen LogP contribution in [0.15, 0.2) is 58.2 Å². The van der Waals surface area contributed by atoms with Gasteiger partial charge in [0.1, 0.15) is 6.61 Å². The molecule has 0 fully saturated rings. The molecule has 9 heteroatoms. The highest BCUT2D eigenvalue weighted by Gasteiger charge is 2.37. The Morgan fingerprint density at radius 2 is 2.00 bits per heavy atom. The van der Waals surface area contributed by atoms with Crippen LogP contribution in [0.3, 0.4) is 0 Å². The van der Waals surface area contributed by atoms with E-state index >= 15 is 0 Å². The van der Waals surface area contributed by atoms with Crippen LogP contribution in [0.5, 0.6) is 11.5 Å². The summed E-state index contributed by atoms with van der Waals surface area (Å²) in [7, 11) is 1.53. The fraction of sp³-hybridized carbons (Fsp3) is 0.273. The van der Waals surface area contributed by atoms with E-state index in [9.17, 15) is 9.59 Å². The standard InChI is InChI=1S/C22H21BrN2O6/c1-13-19(21(26)29-9-8-28-2)20(14-4-3-5-15(23)10-14)24-22(27)25(13)16-6-7-17-18(11-16)31-12-30-17/h3-7,10-11,20H,8-9,12H2,1-2H3,(H,24,27). The summed E-state index contributed by atoms with van der Waals surface area (Å²) in [5.74, 6) is 0.621. The van der Waals surface area contributed by atoms with Gasteiger partial charge < -0.3 is 24.3 Å². The Labute approximate surface area is 187 Å². The van der Waals surface area contributed by atoms with Crippen molar-refractivity contribution in [2.24, 2.45) is 0 Å². The molecule has 2 aromatic rings. The lowest BCUT2D eigenvalue weighted by molar-refractivity contribution is -0.140. The van der Waals surface area contributed by atoms with Crippen molar-refractivity contribution in [2.45, 2.75) is 13.0 Å². The molecule has 1 unspecified atom stereocenters. The number of allylic oxidation sites excluding steroid dienone is 1. The first-order valence-corrected chi connectivity index (χ1v) is 10.4. The highest BCUT2D eigenvalue weighted by atomic mass is 79.9. The second-order valence-electron chi connectivity index (χ2n) is 6.94. The molecule has 0 radical (unpaired) electrons. The van der Waals surface area contributed by atoms with Crippen LogP contribution in [-0.2, 0) is 14.3 Å². The molecule has 0 aromatic heterocycles. The normalized spacial score (nSPS) is 17.6. The molecule has 162 valence electrons. The number of carbonyl (C=O) groups is 2. The van der Waals surface area contributed by atoms with E-state index in [1.54, 1.807) is 25.1 Å². The van der Waals surface area contributed by atoms with Crippen LogP contribution in [0.2, 0.25) is 0 Å². The number of esters is 1. The van der Waals surface area contributed by atoms with Crippen molar-refractivity contribution in [2.75, 3.05) is 32.0 Å². The third-order valence-electron chi connectivity index (χ3n) is 5.02. The van der Waals surface area contributed by atoms with E-state index in [4.69, 9.17) is 18.9 Å². The predicted molar refractivity (Wildman–Crippen MR) is 116 cm³/mol. The van der Waals surface area contributed by atoms with Crippen molar-refractivity contribution in [3.63, 3.8) is 0 Å². The van der Waals surface area contributed by atoms with Crippen LogP contribution in [0.4, 0.5) is 10.5 Å². The van der Waals surface area contributed by atoms with Crippen LogP contribution in [-0.4, -0.2) is 39.1 Å². The summed E-state index contributed by atoms with van der Waals surface area (Å²) >= 11 is 3.45. The number of methoxy groups -OCH3 is 1. The highest BCUT2D eigenvalue weighted by molar-refractivity contribution is 9.10. The van der Waals surface area contributed by atoms with Crippen LogP contribution >= 0.6 is 15.9 Å². The lowest BCUT2D eigenvalue weighted by atomic mass is 9.94. The lowest BCUT2D eigenvalue weighted by Gasteiger charge is -2.35. The molecule has 2 aliphatic heterocycles. The average molecular weight is 489 g/mol. The summed E-state index contributed by atoms with van der Waals surface area (Å²) in [6.07, 6.45) is 0. The van der Waals surface area contributed by atoms with Gasteiger partial charge in [-0.2, -0.15) is 0 Å². The Morgan fingerprint density at radius 1 is 1.19 bits per heavy atom. The Bertz CT molecular complexity index is 1050. The number of rotatable bonds is 6. The van der Waals surface area contributed by atoms with Gasteiger partial charge in [-0.15, -0.1) is 0 Å². The quantitative estimate of drug-likeness (QED) is 0.489. The molecule has 1 atom stereocenters. The van der Waals surface area contributed by atoms with Gasteiger partial charge in [0.2, 0.25) is 6.79 Å². The zero-order chi connectivity index (χ0) is 22.0. The maximum absolute atomic E-state index is 13.1. The minimum Gasteiger partial charge on any atom is -0.460 e. The molecule has 0 saturated carbocycles. The zero-order valence-corrected chi connectivity index (χ0v) is 18.6. The molecule has 2 heterocycles. The number of benzene rings is 2. The number of anilines is 1. The van der Waals surface area contributed by atoms with Gasteiger partial charge in [-0.3, -0.25) is 4.90 Å². The van der Waals surface area contributed by atoms with Crippen molar-refractivity contribution < 1.29 is 28.5 Å². The molecule has 2 aromatic carbocycles. The van der Waals surface area contributed by atoms with Crippen LogP contribution in [0.25, 0.3) is 0 Å². The molecule has 2 amide bonds. The van der Waals surface area contributed by atoms with E-state index < -0.39 is 12.0 Å². The number of halogens is 1. The van der Waals surface area contributed by atoms with Crippen LogP contribution < -0.4 is 19.7 Å². The van der Waals surface area contributed by atoms with E-state index in [2.05, 4.69) is 21.2 Å². The van der Waals surface area contributed by atoms with Gasteiger partial charge in [0, 0.05) is 23.3 Å². The third kappa shape index (κ3) is 4.24. The average Bonchev–Trinajstić information content (AvgIpc) is 3.21. The van der Waals surface area contributed by atoms with Crippen molar-refractivity contribution in [1.29, 1.82) is 0 Å². The van der Waals surface area contributed by atoms with E-state index in [1.807, 2.05) is 24.3 Å². The van der Waals surface area contributed by atoms with Gasteiger partial charge in [0.15, 0.2) is 11.5 Å². The Kier molecular flexibility index (Phi) is 6.15. The molecule has 0 spiro atoms. The number of ether oxygens (including phenoxy) is 4. The maximum Gasteiger partial charge on any atom is 0.338 e. The smallest absolute Gasteiger partial charge is 0.338 e. The van der Waals surface area contributed by atoms with Gasteiger partial charge in [-0.1, -0.05) is 28.1 Å². The molecule has 4 rings (SSSR count). The second kappa shape index (κ2) is 8.99. The summed E-state index contributed by atoms with van der Waals surface area (Å²) in [6, 6.07) is 11.6. The molecule has 0 bridgehead atoms. The minimum atomic E-state index is -0.662. The molecule has 0 saturated heterocycles. The fourth-order valence-electron chi connectivity index (χ4n) is 3.57. The SMILES string of the molecule is COCCOC(=O)C1=C(C)N(c2ccc3c(c2)OCO3)C(=O)NC1c1cccc(Br)c1. The topological polar surface area (TPSA) is 86.3 Å². The number of hydrogen-bond donors (Lipinski definition) is 1. The first-order chi connectivity index (χ1) is 15.0. The molecule has 8 nitrogen and oxygen atoms in total. The fourth-order valence-corrected chi connectivity index (χ4v) is 3.99. The number of urea groups is 1. The monoisotopic (exact) mass is 488 g/mol. The molecular formula is C22H21BrN2O6. The van der Waals surface area contributed by atoms with E-state index in [-0.39, 0.29) is 26.0 Å². The number of carbonyl (C=O) groups excluding carboxylic acids is 2. The second-order valence-corrected chi connectivity index (χ2v) is 7.85. The molecular weight excluding hydrogens is 468 g/mol. The van der Waals surface area contributed by atoms with Crippen LogP contribution in [0, 0.1) is 0 Å². The lowest BCUT2D eigenvalue weighted by Crippen LogP contribution is -2.48. The minimum absolute atomic E-state index is 0.106. The van der Waals surface area contributed by atoms with E-state index in [0.717, 1.165) is 10.0 Å². The van der Waals surface area contributed by atoms with Gasteiger partial charge >= 0.3 is 12.0 Å². The Hall–Kier alpha value is -3.04. The molecule has 31 heavy (non-hydrogen) atoms. The first kappa shape index (κ1) is 21.2. The summed E-state index contributed by atoms with van der Waals surface area (Å²) in [4.78, 5) is 27.6. The number of nitrogens with one attached hydrogen (secondary N) is 1. The molecule has 2 aliphatic rings. The number of fused-ring (bicyclic) bond motifs is 1. The van der Waals surface area contributed by atoms with Crippen molar-refractivity contribution in [3.8, 4) is 11.5 Å². The van der Waals surface area contributed by atoms with Gasteiger partial charge in [0.25, 0.3) is 0 Å². The van der Waals surface area contributed by atoms with Gasteiger partial charge in [-0.25, -0.2) is 9.59 Å². The predicted octanol–water partition coefficient (Wildman–Crippen LogP) is 3.91. The van der Waals surface area contributed by atoms with Crippen molar-refractivity contribution in [1.82, 2.24) is 5.32 Å². The third-order valence-corrected chi connectivity index (χ3v) is 5.51. The van der Waals surface area contributed by atoms with Crippen molar-refractivity contribution >= 4 is 33.6 Å². The summed E-state index contributed by atoms with van der Waals surface area (Å²) in [5, 5.41) is 2.93. The van der Waals surface area contributed by atoms with Gasteiger partial charge in [-0.05, 0) is 36.8 Å². The van der Waals surface area contributed by atoms with Crippen LogP contribution in [0.1, 0.15) is 18.5 Å². The highest BCUT2D eigenvalue weighted by Crippen LogP contribution is 2.39. The number of hydrogen-bond acceptors (Lipinski definition) is 6. The largest absolute Gasteiger partial charge is 0.460 e. The zero-order valence-electron chi connectivity index (χ0n) is 17.0. The van der Waals surface area contributed by atoms with E-state index in [0.29, 0.717) is 28.5 Å². The Balaban J connectivity index is 1.77. The summed E-state index contributed by atoms with van der Waals surface area (Å²) in [5.41, 5.74) is 2.11. The molecule has 0 aliphatic carbocycles. The number of amides is 2. The summed E-state index contributed by atoms with van der Waals surface area (Å²) in [6.45, 7) is 2.23. The number of nitrogens with zero attached hydrogens (tertiary/aromatic N) is 1. The van der Waals surface area contributed by atoms with Gasteiger partial charge in [0.05, 0.1) is 23.9 Å². The molecule has 1 N–H and O–H groups in total. The van der Waals surface area contributed by atoms with Crippen molar-refractivity contribution in [3.05, 3.63) is 63.8 Å². The Morgan fingerprint density at radius 3 is 2.77 bits per heavy atom. The summed E-state index contributed by atoms with van der Waals surface area (Å²) < 4.78 is 22.0.